The smallest absolute Gasteiger partial charge is 0.213 e. The zero-order valence-corrected chi connectivity index (χ0v) is 41.0. The first-order chi connectivity index (χ1) is 37.2. The van der Waals surface area contributed by atoms with Crippen LogP contribution in [0.4, 0.5) is 34.1 Å². The van der Waals surface area contributed by atoms with E-state index >= 15 is 0 Å². The van der Waals surface area contributed by atoms with Gasteiger partial charge in [0.05, 0.1) is 22.0 Å². The first-order valence-electron chi connectivity index (χ1n) is 25.2. The SMILES string of the molecule is c1ccc(-c2cccc(-n3c4cc(N(c5ccccc5)c5ccc6sc7ccccc7c6c5)ccc4c4c5c(N(c6ccc7oc8ccccc8c7c6)c6ccc7oc8ccccc8c7c6)cccc5oc43)c2)cc1. The van der Waals surface area contributed by atoms with Crippen molar-refractivity contribution in [2.75, 3.05) is 9.80 Å². The van der Waals surface area contributed by atoms with Crippen LogP contribution in [0.3, 0.4) is 0 Å². The molecule has 352 valence electrons. The van der Waals surface area contributed by atoms with E-state index in [1.807, 2.05) is 35.6 Å². The maximum Gasteiger partial charge on any atom is 0.213 e. The van der Waals surface area contributed by atoms with E-state index in [4.69, 9.17) is 13.3 Å². The molecule has 0 atom stereocenters. The number of furan rings is 3. The minimum atomic E-state index is 0.764. The predicted molar refractivity (Wildman–Crippen MR) is 313 cm³/mol. The van der Waals surface area contributed by atoms with Crippen LogP contribution in [-0.4, -0.2) is 4.57 Å². The molecule has 0 saturated heterocycles. The molecular weight excluding hydrogens is 939 g/mol. The van der Waals surface area contributed by atoms with Crippen LogP contribution < -0.4 is 9.80 Å². The molecule has 0 aliphatic rings. The number of benzene rings is 11. The van der Waals surface area contributed by atoms with Crippen LogP contribution in [0.1, 0.15) is 0 Å². The van der Waals surface area contributed by atoms with Crippen molar-refractivity contribution >= 4 is 142 Å². The van der Waals surface area contributed by atoms with E-state index in [0.29, 0.717) is 0 Å². The number of thiophene rings is 1. The van der Waals surface area contributed by atoms with Crippen molar-refractivity contribution in [3.63, 3.8) is 0 Å². The first-order valence-corrected chi connectivity index (χ1v) is 26.0. The second kappa shape index (κ2) is 16.3. The van der Waals surface area contributed by atoms with Gasteiger partial charge in [-0.25, -0.2) is 0 Å². The Morgan fingerprint density at radius 3 is 1.60 bits per heavy atom. The molecule has 0 fully saturated rings. The van der Waals surface area contributed by atoms with Gasteiger partial charge in [0.25, 0.3) is 0 Å². The lowest BCUT2D eigenvalue weighted by Crippen LogP contribution is -2.10. The van der Waals surface area contributed by atoms with Gasteiger partial charge in [0.1, 0.15) is 27.9 Å². The average molecular weight is 980 g/mol. The van der Waals surface area contributed by atoms with E-state index in [9.17, 15) is 0 Å². The minimum absolute atomic E-state index is 0.764. The van der Waals surface area contributed by atoms with Gasteiger partial charge in [-0.1, -0.05) is 121 Å². The summed E-state index contributed by atoms with van der Waals surface area (Å²) in [5.74, 6) is 0. The van der Waals surface area contributed by atoms with Crippen LogP contribution in [0.25, 0.3) is 114 Å². The number of para-hydroxylation sites is 3. The van der Waals surface area contributed by atoms with Crippen LogP contribution in [-0.2, 0) is 0 Å². The molecular formula is C68H41N3O3S. The molecule has 7 heteroatoms. The van der Waals surface area contributed by atoms with E-state index in [2.05, 4.69) is 239 Å². The molecule has 0 bridgehead atoms. The largest absolute Gasteiger partial charge is 0.456 e. The summed E-state index contributed by atoms with van der Waals surface area (Å²) in [5.41, 5.74) is 15.4. The third-order valence-electron chi connectivity index (χ3n) is 14.9. The summed E-state index contributed by atoms with van der Waals surface area (Å²) in [4.78, 5) is 4.75. The Morgan fingerprint density at radius 1 is 0.307 bits per heavy atom. The quantitative estimate of drug-likeness (QED) is 0.152. The summed E-state index contributed by atoms with van der Waals surface area (Å²) >= 11 is 1.84. The van der Waals surface area contributed by atoms with Crippen molar-refractivity contribution in [1.29, 1.82) is 0 Å². The standard InChI is InChI=1S/C68H41N3O3S/c1-3-15-42(16-4-1)43-17-13-20-45(37-43)71-58-41-49(69(44-18-5-2-6-19-44)46-32-36-65-56(40-46)52-23-9-12-28-64(52)75-65)29-33-53(58)66-67-57(24-14-27-63(67)74-68(66)71)70(47-30-34-61-54(38-47)50-21-7-10-25-59(50)72-61)48-31-35-62-55(39-48)51-22-8-11-26-60(51)73-62/h1-41H. The van der Waals surface area contributed by atoms with E-state index in [-0.39, 0.29) is 0 Å². The maximum atomic E-state index is 7.31. The topological polar surface area (TPSA) is 50.8 Å². The number of fused-ring (bicyclic) bond motifs is 14. The number of hydrogen-bond acceptors (Lipinski definition) is 6. The Bertz CT molecular complexity index is 4810. The fraction of sp³-hybridized carbons (Fsp3) is 0. The normalized spacial score (nSPS) is 12.0. The van der Waals surface area contributed by atoms with E-state index in [0.717, 1.165) is 128 Å². The molecule has 0 saturated carbocycles. The highest BCUT2D eigenvalue weighted by molar-refractivity contribution is 7.25. The summed E-state index contributed by atoms with van der Waals surface area (Å²) in [6.07, 6.45) is 0. The Balaban J connectivity index is 0.975. The number of hydrogen-bond donors (Lipinski definition) is 0. The van der Waals surface area contributed by atoms with Crippen molar-refractivity contribution in [2.45, 2.75) is 0 Å². The second-order valence-electron chi connectivity index (χ2n) is 19.2. The van der Waals surface area contributed by atoms with Crippen LogP contribution in [0.2, 0.25) is 0 Å². The molecule has 75 heavy (non-hydrogen) atoms. The van der Waals surface area contributed by atoms with Crippen LogP contribution in [0, 0.1) is 0 Å². The first kappa shape index (κ1) is 41.8. The molecule has 0 amide bonds. The van der Waals surface area contributed by atoms with E-state index < -0.39 is 0 Å². The molecule has 0 aliphatic carbocycles. The highest BCUT2D eigenvalue weighted by Gasteiger charge is 2.27. The molecule has 0 unspecified atom stereocenters. The zero-order valence-electron chi connectivity index (χ0n) is 40.1. The fourth-order valence-electron chi connectivity index (χ4n) is 11.6. The molecule has 0 spiro atoms. The fourth-order valence-corrected chi connectivity index (χ4v) is 12.7. The number of anilines is 6. The molecule has 0 N–H and O–H groups in total. The van der Waals surface area contributed by atoms with Crippen LogP contribution in [0.5, 0.6) is 0 Å². The van der Waals surface area contributed by atoms with Gasteiger partial charge in [0.2, 0.25) is 5.71 Å². The number of nitrogens with zero attached hydrogens (tertiary/aromatic N) is 3. The Labute approximate surface area is 433 Å². The minimum Gasteiger partial charge on any atom is -0.456 e. The lowest BCUT2D eigenvalue weighted by Gasteiger charge is -2.26. The van der Waals surface area contributed by atoms with Crippen molar-refractivity contribution in [3.05, 3.63) is 249 Å². The van der Waals surface area contributed by atoms with Gasteiger partial charge in [0, 0.05) is 81.2 Å². The van der Waals surface area contributed by atoms with Crippen LogP contribution in [0.15, 0.2) is 262 Å². The Hall–Kier alpha value is -9.82. The molecule has 5 heterocycles. The van der Waals surface area contributed by atoms with Crippen molar-refractivity contribution in [3.8, 4) is 16.8 Å². The third-order valence-corrected chi connectivity index (χ3v) is 16.1. The molecule has 11 aromatic carbocycles. The lowest BCUT2D eigenvalue weighted by atomic mass is 10.0. The zero-order chi connectivity index (χ0) is 49.1. The Morgan fingerprint density at radius 2 is 0.853 bits per heavy atom. The third kappa shape index (κ3) is 6.51. The van der Waals surface area contributed by atoms with Crippen molar-refractivity contribution in [1.82, 2.24) is 4.57 Å². The van der Waals surface area contributed by atoms with Gasteiger partial charge in [-0.15, -0.1) is 11.3 Å². The van der Waals surface area contributed by atoms with Gasteiger partial charge < -0.3 is 23.1 Å². The van der Waals surface area contributed by atoms with E-state index in [1.165, 1.54) is 20.2 Å². The average Bonchev–Trinajstić information content (AvgIpc) is 4.29. The van der Waals surface area contributed by atoms with Gasteiger partial charge >= 0.3 is 0 Å². The van der Waals surface area contributed by atoms with Crippen molar-refractivity contribution < 1.29 is 13.3 Å². The van der Waals surface area contributed by atoms with E-state index in [1.54, 1.807) is 0 Å². The number of rotatable bonds is 8. The summed E-state index contributed by atoms with van der Waals surface area (Å²) < 4.78 is 25.0. The Kier molecular flexibility index (Phi) is 9.10. The number of aromatic nitrogens is 1. The van der Waals surface area contributed by atoms with Gasteiger partial charge in [-0.3, -0.25) is 4.57 Å². The molecule has 16 rings (SSSR count). The summed E-state index contributed by atoms with van der Waals surface area (Å²) in [6.45, 7) is 0. The van der Waals surface area contributed by atoms with Gasteiger partial charge in [-0.05, 0) is 139 Å². The van der Waals surface area contributed by atoms with Gasteiger partial charge in [0.15, 0.2) is 0 Å². The summed E-state index contributed by atoms with van der Waals surface area (Å²) in [5, 5.41) is 9.85. The summed E-state index contributed by atoms with van der Waals surface area (Å²) in [7, 11) is 0. The second-order valence-corrected chi connectivity index (χ2v) is 20.3. The monoisotopic (exact) mass is 979 g/mol. The van der Waals surface area contributed by atoms with Crippen LogP contribution >= 0.6 is 11.3 Å². The molecule has 16 aromatic rings. The molecule has 5 aromatic heterocycles. The van der Waals surface area contributed by atoms with Crippen molar-refractivity contribution in [2.24, 2.45) is 0 Å². The molecule has 0 aliphatic heterocycles. The lowest BCUT2D eigenvalue weighted by molar-refractivity contribution is 0.645. The molecule has 0 radical (unpaired) electrons. The summed E-state index contributed by atoms with van der Waals surface area (Å²) in [6, 6.07) is 88.6. The highest BCUT2D eigenvalue weighted by Crippen LogP contribution is 2.50. The predicted octanol–water partition coefficient (Wildman–Crippen LogP) is 20.3. The highest BCUT2D eigenvalue weighted by atomic mass is 32.1. The molecule has 6 nitrogen and oxygen atoms in total. The maximum absolute atomic E-state index is 7.31. The van der Waals surface area contributed by atoms with Gasteiger partial charge in [-0.2, -0.15) is 0 Å².